The molecule has 1 fully saturated rings. The van der Waals surface area contributed by atoms with Crippen LogP contribution >= 0.6 is 0 Å². The number of likely N-dealkylation sites (tertiary alicyclic amines) is 1. The summed E-state index contributed by atoms with van der Waals surface area (Å²) in [7, 11) is 4.30. The van der Waals surface area contributed by atoms with Crippen LogP contribution in [0.3, 0.4) is 0 Å². The summed E-state index contributed by atoms with van der Waals surface area (Å²) in [5, 5.41) is 0. The first-order valence-corrected chi connectivity index (χ1v) is 5.16. The van der Waals surface area contributed by atoms with Crippen LogP contribution < -0.4 is 0 Å². The summed E-state index contributed by atoms with van der Waals surface area (Å²) < 4.78 is 0. The van der Waals surface area contributed by atoms with Gasteiger partial charge in [-0.05, 0) is 40.0 Å². The average molecular weight is 170 g/mol. The van der Waals surface area contributed by atoms with Crippen LogP contribution in [0.4, 0.5) is 0 Å². The molecule has 0 aromatic rings. The Labute approximate surface area is 76.5 Å². The molecule has 0 unspecified atom stereocenters. The Kier molecular flexibility index (Phi) is 4.62. The largest absolute Gasteiger partial charge is 0.308 e. The minimum atomic E-state index is 1.21. The zero-order chi connectivity index (χ0) is 8.81. The van der Waals surface area contributed by atoms with Gasteiger partial charge in [0.25, 0.3) is 0 Å². The molecule has 1 saturated heterocycles. The van der Waals surface area contributed by atoms with Crippen molar-refractivity contribution >= 4 is 0 Å². The molecule has 0 aromatic heterocycles. The zero-order valence-electron chi connectivity index (χ0n) is 8.55. The number of likely N-dealkylation sites (N-methyl/N-ethyl adjacent to an activating group) is 1. The third-order valence-corrected chi connectivity index (χ3v) is 2.56. The number of nitrogens with zero attached hydrogens (tertiary/aromatic N) is 2. The monoisotopic (exact) mass is 170 g/mol. The molecule has 12 heavy (non-hydrogen) atoms. The van der Waals surface area contributed by atoms with Gasteiger partial charge in [-0.3, -0.25) is 0 Å². The van der Waals surface area contributed by atoms with E-state index in [1.165, 1.54) is 51.9 Å². The molecule has 0 spiro atoms. The van der Waals surface area contributed by atoms with Crippen LogP contribution in [0.5, 0.6) is 0 Å². The van der Waals surface area contributed by atoms with Gasteiger partial charge in [0.05, 0.1) is 0 Å². The Hall–Kier alpha value is -0.0800. The molecule has 2 nitrogen and oxygen atoms in total. The van der Waals surface area contributed by atoms with Gasteiger partial charge < -0.3 is 9.80 Å². The maximum atomic E-state index is 2.60. The van der Waals surface area contributed by atoms with Gasteiger partial charge in [-0.2, -0.15) is 0 Å². The number of rotatable bonds is 3. The fraction of sp³-hybridized carbons (Fsp3) is 1.00. The van der Waals surface area contributed by atoms with Crippen molar-refractivity contribution in [3.05, 3.63) is 0 Å². The highest BCUT2D eigenvalue weighted by molar-refractivity contribution is 4.63. The lowest BCUT2D eigenvalue weighted by atomic mass is 10.2. The SMILES string of the molecule is CN(C)CCN1CCCCCC1. The second-order valence-electron chi connectivity index (χ2n) is 4.06. The third kappa shape index (κ3) is 4.07. The van der Waals surface area contributed by atoms with E-state index in [9.17, 15) is 0 Å². The zero-order valence-corrected chi connectivity index (χ0v) is 8.55. The Balaban J connectivity index is 2.12. The normalized spacial score (nSPS) is 21.2. The molecule has 1 aliphatic heterocycles. The lowest BCUT2D eigenvalue weighted by Crippen LogP contribution is -2.32. The van der Waals surface area contributed by atoms with Gasteiger partial charge in [-0.15, -0.1) is 0 Å². The molecule has 0 bridgehead atoms. The molecule has 0 aliphatic carbocycles. The Bertz CT molecular complexity index is 104. The van der Waals surface area contributed by atoms with Crippen molar-refractivity contribution in [1.82, 2.24) is 9.80 Å². The first-order valence-electron chi connectivity index (χ1n) is 5.16. The molecule has 0 radical (unpaired) electrons. The summed E-state index contributed by atoms with van der Waals surface area (Å²) in [5.74, 6) is 0. The van der Waals surface area contributed by atoms with E-state index in [4.69, 9.17) is 0 Å². The van der Waals surface area contributed by atoms with E-state index in [-0.39, 0.29) is 0 Å². The highest BCUT2D eigenvalue weighted by atomic mass is 15.2. The first kappa shape index (κ1) is 10.0. The van der Waals surface area contributed by atoms with Crippen LogP contribution in [-0.4, -0.2) is 50.1 Å². The van der Waals surface area contributed by atoms with Crippen molar-refractivity contribution in [2.75, 3.05) is 40.3 Å². The molecule has 0 saturated carbocycles. The van der Waals surface area contributed by atoms with Gasteiger partial charge in [-0.25, -0.2) is 0 Å². The van der Waals surface area contributed by atoms with Crippen molar-refractivity contribution in [2.24, 2.45) is 0 Å². The van der Waals surface area contributed by atoms with Gasteiger partial charge >= 0.3 is 0 Å². The summed E-state index contributed by atoms with van der Waals surface area (Å²) in [6.45, 7) is 5.12. The van der Waals surface area contributed by atoms with E-state index in [2.05, 4.69) is 23.9 Å². The lowest BCUT2D eigenvalue weighted by Gasteiger charge is -2.21. The van der Waals surface area contributed by atoms with E-state index in [0.717, 1.165) is 0 Å². The quantitative estimate of drug-likeness (QED) is 0.632. The molecule has 1 rings (SSSR count). The highest BCUT2D eigenvalue weighted by Gasteiger charge is 2.07. The van der Waals surface area contributed by atoms with Crippen molar-refractivity contribution < 1.29 is 0 Å². The molecular formula is C10H22N2. The topological polar surface area (TPSA) is 6.48 Å². The van der Waals surface area contributed by atoms with Crippen LogP contribution in [-0.2, 0) is 0 Å². The summed E-state index contributed by atoms with van der Waals surface area (Å²) in [5.41, 5.74) is 0. The highest BCUT2D eigenvalue weighted by Crippen LogP contribution is 2.08. The van der Waals surface area contributed by atoms with E-state index in [1.54, 1.807) is 0 Å². The predicted molar refractivity (Wildman–Crippen MR) is 53.5 cm³/mol. The molecule has 0 aromatic carbocycles. The maximum Gasteiger partial charge on any atom is 0.0109 e. The van der Waals surface area contributed by atoms with Crippen LogP contribution in [0.1, 0.15) is 25.7 Å². The lowest BCUT2D eigenvalue weighted by molar-refractivity contribution is 0.249. The van der Waals surface area contributed by atoms with Crippen LogP contribution in [0.2, 0.25) is 0 Å². The molecule has 0 atom stereocenters. The van der Waals surface area contributed by atoms with Crippen molar-refractivity contribution in [3.8, 4) is 0 Å². The Morgan fingerprint density at radius 3 is 2.08 bits per heavy atom. The standard InChI is InChI=1S/C10H22N2/c1-11(2)9-10-12-7-5-3-4-6-8-12/h3-10H2,1-2H3. The predicted octanol–water partition coefficient (Wildman–Crippen LogP) is 1.42. The summed E-state index contributed by atoms with van der Waals surface area (Å²) >= 11 is 0. The minimum absolute atomic E-state index is 1.21. The van der Waals surface area contributed by atoms with Crippen LogP contribution in [0.15, 0.2) is 0 Å². The van der Waals surface area contributed by atoms with Gasteiger partial charge in [-0.1, -0.05) is 12.8 Å². The van der Waals surface area contributed by atoms with Crippen molar-refractivity contribution in [3.63, 3.8) is 0 Å². The molecule has 1 aliphatic rings. The summed E-state index contributed by atoms with van der Waals surface area (Å²) in [6, 6.07) is 0. The van der Waals surface area contributed by atoms with Gasteiger partial charge in [0.15, 0.2) is 0 Å². The third-order valence-electron chi connectivity index (χ3n) is 2.56. The fourth-order valence-corrected chi connectivity index (χ4v) is 1.70. The van der Waals surface area contributed by atoms with Crippen LogP contribution in [0, 0.1) is 0 Å². The van der Waals surface area contributed by atoms with Crippen molar-refractivity contribution in [1.29, 1.82) is 0 Å². The van der Waals surface area contributed by atoms with Gasteiger partial charge in [0.1, 0.15) is 0 Å². The van der Waals surface area contributed by atoms with E-state index < -0.39 is 0 Å². The second kappa shape index (κ2) is 5.55. The second-order valence-corrected chi connectivity index (χ2v) is 4.06. The summed E-state index contributed by atoms with van der Waals surface area (Å²) in [4.78, 5) is 4.87. The molecule has 2 heteroatoms. The molecule has 0 N–H and O–H groups in total. The molecule has 1 heterocycles. The molecule has 72 valence electrons. The van der Waals surface area contributed by atoms with Crippen LogP contribution in [0.25, 0.3) is 0 Å². The number of hydrogen-bond donors (Lipinski definition) is 0. The first-order chi connectivity index (χ1) is 5.79. The maximum absolute atomic E-state index is 2.60. The van der Waals surface area contributed by atoms with E-state index >= 15 is 0 Å². The smallest absolute Gasteiger partial charge is 0.0109 e. The molecule has 0 amide bonds. The Morgan fingerprint density at radius 2 is 1.58 bits per heavy atom. The van der Waals surface area contributed by atoms with Gasteiger partial charge in [0, 0.05) is 13.1 Å². The van der Waals surface area contributed by atoms with Crippen molar-refractivity contribution in [2.45, 2.75) is 25.7 Å². The van der Waals surface area contributed by atoms with E-state index in [1.807, 2.05) is 0 Å². The number of hydrogen-bond acceptors (Lipinski definition) is 2. The average Bonchev–Trinajstić information content (AvgIpc) is 2.28. The summed E-state index contributed by atoms with van der Waals surface area (Å²) in [6.07, 6.45) is 5.71. The fourth-order valence-electron chi connectivity index (χ4n) is 1.70. The minimum Gasteiger partial charge on any atom is -0.308 e. The Morgan fingerprint density at radius 1 is 1.00 bits per heavy atom. The molecular weight excluding hydrogens is 148 g/mol. The van der Waals surface area contributed by atoms with E-state index in [0.29, 0.717) is 0 Å². The van der Waals surface area contributed by atoms with Gasteiger partial charge in [0.2, 0.25) is 0 Å².